The molecule has 0 radical (unpaired) electrons. The molecule has 30 heavy (non-hydrogen) atoms. The smallest absolute Gasteiger partial charge is 0.270 e. The number of carbonyl (C=O) groups excluding carboxylic acids is 1. The summed E-state index contributed by atoms with van der Waals surface area (Å²) in [6.07, 6.45) is 1.19. The molecule has 1 N–H and O–H groups in total. The fourth-order valence-electron chi connectivity index (χ4n) is 3.15. The normalized spacial score (nSPS) is 16.6. The lowest BCUT2D eigenvalue weighted by Gasteiger charge is -2.29. The molecule has 154 valence electrons. The number of allylic oxidation sites excluding steroid dienone is 1. The number of benzene rings is 2. The van der Waals surface area contributed by atoms with Crippen molar-refractivity contribution in [1.82, 2.24) is 0 Å². The van der Waals surface area contributed by atoms with Crippen molar-refractivity contribution in [3.8, 4) is 0 Å². The molecule has 1 aromatic heterocycles. The molecular weight excluding hydrogens is 447 g/mol. The van der Waals surface area contributed by atoms with Crippen molar-refractivity contribution in [2.45, 2.75) is 13.5 Å². The number of carbonyl (C=O) groups is 1. The predicted molar refractivity (Wildman–Crippen MR) is 118 cm³/mol. The van der Waals surface area contributed by atoms with Crippen molar-refractivity contribution in [3.05, 3.63) is 91.9 Å². The number of hydrogen-bond acceptors (Lipinski definition) is 5. The molecule has 3 aromatic rings. The van der Waals surface area contributed by atoms with Gasteiger partial charge in [0.25, 0.3) is 10.0 Å². The molecule has 0 saturated heterocycles. The highest BCUT2D eigenvalue weighted by atomic mass is 35.5. The number of rotatable bonds is 4. The second-order valence-corrected chi connectivity index (χ2v) is 9.90. The fourth-order valence-corrected chi connectivity index (χ4v) is 5.81. The molecule has 1 aliphatic rings. The SMILES string of the molecule is Cc1ccc(Cl)cc1NC=C1C(=O)c2sccc2N(Cc2cccc(F)c2)S1(=O)=O. The van der Waals surface area contributed by atoms with Crippen LogP contribution in [0, 0.1) is 12.7 Å². The van der Waals surface area contributed by atoms with Gasteiger partial charge in [0.05, 0.1) is 12.2 Å². The van der Waals surface area contributed by atoms with E-state index in [1.54, 1.807) is 35.7 Å². The summed E-state index contributed by atoms with van der Waals surface area (Å²) in [4.78, 5) is 12.9. The Morgan fingerprint density at radius 3 is 2.77 bits per heavy atom. The molecular formula is C21H16ClFN2O3S2. The molecule has 4 rings (SSSR count). The minimum absolute atomic E-state index is 0.0926. The van der Waals surface area contributed by atoms with Crippen molar-refractivity contribution in [2.75, 3.05) is 9.62 Å². The maximum Gasteiger partial charge on any atom is 0.270 e. The quantitative estimate of drug-likeness (QED) is 0.532. The number of anilines is 2. The van der Waals surface area contributed by atoms with E-state index in [0.29, 0.717) is 26.8 Å². The number of thiophene rings is 1. The summed E-state index contributed by atoms with van der Waals surface area (Å²) in [5, 5.41) is 5.04. The molecule has 0 unspecified atom stereocenters. The number of nitrogens with zero attached hydrogens (tertiary/aromatic N) is 1. The zero-order valence-corrected chi connectivity index (χ0v) is 18.1. The maximum absolute atomic E-state index is 13.6. The van der Waals surface area contributed by atoms with E-state index in [1.807, 2.05) is 6.92 Å². The largest absolute Gasteiger partial charge is 0.360 e. The molecule has 9 heteroatoms. The molecule has 0 amide bonds. The van der Waals surface area contributed by atoms with Gasteiger partial charge in [0, 0.05) is 16.9 Å². The van der Waals surface area contributed by atoms with E-state index < -0.39 is 21.6 Å². The fraction of sp³-hybridized carbons (Fsp3) is 0.0952. The van der Waals surface area contributed by atoms with Crippen LogP contribution in [-0.4, -0.2) is 14.2 Å². The highest BCUT2D eigenvalue weighted by Crippen LogP contribution is 2.39. The van der Waals surface area contributed by atoms with E-state index in [2.05, 4.69) is 5.32 Å². The number of fused-ring (bicyclic) bond motifs is 1. The lowest BCUT2D eigenvalue weighted by Crippen LogP contribution is -2.38. The highest BCUT2D eigenvalue weighted by Gasteiger charge is 2.41. The number of halogens is 2. The summed E-state index contributed by atoms with van der Waals surface area (Å²) in [5.74, 6) is -1.04. The van der Waals surface area contributed by atoms with Crippen LogP contribution < -0.4 is 9.62 Å². The van der Waals surface area contributed by atoms with Crippen LogP contribution in [0.5, 0.6) is 0 Å². The van der Waals surface area contributed by atoms with E-state index in [0.717, 1.165) is 21.2 Å². The van der Waals surface area contributed by atoms with Crippen LogP contribution in [0.2, 0.25) is 5.02 Å². The molecule has 0 bridgehead atoms. The average Bonchev–Trinajstić information content (AvgIpc) is 3.17. The van der Waals surface area contributed by atoms with Crippen LogP contribution in [-0.2, 0) is 16.6 Å². The minimum atomic E-state index is -4.17. The summed E-state index contributed by atoms with van der Waals surface area (Å²) >= 11 is 7.18. The summed E-state index contributed by atoms with van der Waals surface area (Å²) in [7, 11) is -4.17. The summed E-state index contributed by atoms with van der Waals surface area (Å²) in [6.45, 7) is 1.74. The number of nitrogens with one attached hydrogen (secondary N) is 1. The van der Waals surface area contributed by atoms with Gasteiger partial charge in [0.15, 0.2) is 4.91 Å². The standard InChI is InChI=1S/C21H16ClFN2O3S2/c1-13-5-6-15(22)10-17(13)24-11-19-20(26)21-18(7-8-29-21)25(30(19,27)28)12-14-3-2-4-16(23)9-14/h2-11,24H,12H2,1H3. The van der Waals surface area contributed by atoms with Crippen molar-refractivity contribution in [1.29, 1.82) is 0 Å². The van der Waals surface area contributed by atoms with Gasteiger partial charge in [-0.05, 0) is 53.8 Å². The van der Waals surface area contributed by atoms with Gasteiger partial charge < -0.3 is 5.32 Å². The van der Waals surface area contributed by atoms with Crippen molar-refractivity contribution < 1.29 is 17.6 Å². The Morgan fingerprint density at radius 2 is 2.00 bits per heavy atom. The van der Waals surface area contributed by atoms with Crippen LogP contribution in [0.15, 0.2) is 65.0 Å². The van der Waals surface area contributed by atoms with E-state index in [9.17, 15) is 17.6 Å². The highest BCUT2D eigenvalue weighted by molar-refractivity contribution is 7.97. The number of aryl methyl sites for hydroxylation is 1. The van der Waals surface area contributed by atoms with Crippen LogP contribution >= 0.6 is 22.9 Å². The van der Waals surface area contributed by atoms with E-state index in [1.165, 1.54) is 24.4 Å². The number of ketones is 1. The van der Waals surface area contributed by atoms with Crippen LogP contribution in [0.1, 0.15) is 20.8 Å². The van der Waals surface area contributed by atoms with E-state index in [-0.39, 0.29) is 11.4 Å². The molecule has 0 spiro atoms. The van der Waals surface area contributed by atoms with Gasteiger partial charge in [-0.2, -0.15) is 0 Å². The predicted octanol–water partition coefficient (Wildman–Crippen LogP) is 5.34. The molecule has 2 heterocycles. The maximum atomic E-state index is 13.6. The van der Waals surface area contributed by atoms with Crippen molar-refractivity contribution in [2.24, 2.45) is 0 Å². The van der Waals surface area contributed by atoms with Gasteiger partial charge in [0.2, 0.25) is 5.78 Å². The van der Waals surface area contributed by atoms with Crippen LogP contribution in [0.3, 0.4) is 0 Å². The Morgan fingerprint density at radius 1 is 1.20 bits per heavy atom. The lowest BCUT2D eigenvalue weighted by atomic mass is 10.2. The Labute approximate surface area is 182 Å². The molecule has 1 aliphatic heterocycles. The molecule has 2 aromatic carbocycles. The van der Waals surface area contributed by atoms with Gasteiger partial charge in [-0.15, -0.1) is 11.3 Å². The Bertz CT molecular complexity index is 1280. The number of Topliss-reactive ketones (excluding diaryl/α,β-unsaturated/α-hetero) is 1. The monoisotopic (exact) mass is 462 g/mol. The third-order valence-corrected chi connectivity index (χ3v) is 7.59. The first-order valence-electron chi connectivity index (χ1n) is 8.89. The first kappa shape index (κ1) is 20.6. The third kappa shape index (κ3) is 3.74. The van der Waals surface area contributed by atoms with Gasteiger partial charge in [-0.1, -0.05) is 29.8 Å². The number of hydrogen-bond donors (Lipinski definition) is 1. The van der Waals surface area contributed by atoms with Gasteiger partial charge in [-0.25, -0.2) is 12.8 Å². The Hall–Kier alpha value is -2.68. The molecule has 0 fully saturated rings. The molecule has 0 aliphatic carbocycles. The number of sulfonamides is 1. The first-order chi connectivity index (χ1) is 14.3. The minimum Gasteiger partial charge on any atom is -0.360 e. The van der Waals surface area contributed by atoms with Crippen LogP contribution in [0.4, 0.5) is 15.8 Å². The molecule has 0 saturated carbocycles. The molecule has 5 nitrogen and oxygen atoms in total. The average molecular weight is 463 g/mol. The van der Waals surface area contributed by atoms with Gasteiger partial charge >= 0.3 is 0 Å². The zero-order chi connectivity index (χ0) is 21.5. The third-order valence-electron chi connectivity index (χ3n) is 4.68. The molecule has 0 atom stereocenters. The second-order valence-electron chi connectivity index (χ2n) is 6.72. The summed E-state index contributed by atoms with van der Waals surface area (Å²) in [5.41, 5.74) is 2.20. The van der Waals surface area contributed by atoms with E-state index >= 15 is 0 Å². The first-order valence-corrected chi connectivity index (χ1v) is 11.6. The van der Waals surface area contributed by atoms with Gasteiger partial charge in [-0.3, -0.25) is 9.10 Å². The second kappa shape index (κ2) is 7.86. The summed E-state index contributed by atoms with van der Waals surface area (Å²) < 4.78 is 41.4. The summed E-state index contributed by atoms with van der Waals surface area (Å²) in [6, 6.07) is 12.4. The van der Waals surface area contributed by atoms with Crippen molar-refractivity contribution >= 4 is 50.1 Å². The Kier molecular flexibility index (Phi) is 5.40. The zero-order valence-electron chi connectivity index (χ0n) is 15.7. The Balaban J connectivity index is 1.77. The van der Waals surface area contributed by atoms with E-state index in [4.69, 9.17) is 11.6 Å². The topological polar surface area (TPSA) is 66.5 Å². The van der Waals surface area contributed by atoms with Gasteiger partial charge in [0.1, 0.15) is 10.7 Å². The van der Waals surface area contributed by atoms with Crippen molar-refractivity contribution in [3.63, 3.8) is 0 Å². The lowest BCUT2D eigenvalue weighted by molar-refractivity contribution is 0.104. The van der Waals surface area contributed by atoms with Crippen LogP contribution in [0.25, 0.3) is 0 Å².